The molecule has 1 saturated heterocycles. The van der Waals surface area contributed by atoms with Crippen molar-refractivity contribution < 1.29 is 18.7 Å². The van der Waals surface area contributed by atoms with Crippen LogP contribution in [-0.4, -0.2) is 51.4 Å². The highest BCUT2D eigenvalue weighted by Crippen LogP contribution is 2.22. The van der Waals surface area contributed by atoms with Crippen molar-refractivity contribution >= 4 is 23.5 Å². The Labute approximate surface area is 200 Å². The molecule has 0 aliphatic carbocycles. The molecule has 34 heavy (non-hydrogen) atoms. The lowest BCUT2D eigenvalue weighted by atomic mass is 10.1. The number of imidazole rings is 1. The standard InChI is InChI=1S/C22H25ClFN7O3/c1-13-9-26-22(28-17-2-4-33-5-3-17)29-19(13)31-10-18(27-12-31)20(32)30-21(34-11-25)14-6-15(23)8-16(24)7-14/h6-10,12,17,21H,2-5,11,25H2,1H3,(H,30,32)(H,26,28,29). The van der Waals surface area contributed by atoms with Crippen molar-refractivity contribution in [1.29, 1.82) is 0 Å². The van der Waals surface area contributed by atoms with E-state index in [1.54, 1.807) is 17.0 Å². The zero-order chi connectivity index (χ0) is 24.1. The third-order valence-electron chi connectivity index (χ3n) is 5.27. The van der Waals surface area contributed by atoms with E-state index < -0.39 is 18.0 Å². The number of nitrogens with one attached hydrogen (secondary N) is 2. The second-order valence-electron chi connectivity index (χ2n) is 7.79. The molecule has 0 saturated carbocycles. The van der Waals surface area contributed by atoms with Crippen molar-refractivity contribution in [2.24, 2.45) is 5.73 Å². The second kappa shape index (κ2) is 10.9. The topological polar surface area (TPSA) is 129 Å². The molecule has 1 amide bonds. The lowest BCUT2D eigenvalue weighted by Crippen LogP contribution is -2.32. The molecule has 10 nitrogen and oxygen atoms in total. The fourth-order valence-electron chi connectivity index (χ4n) is 3.58. The van der Waals surface area contributed by atoms with Gasteiger partial charge < -0.3 is 25.8 Å². The second-order valence-corrected chi connectivity index (χ2v) is 8.22. The van der Waals surface area contributed by atoms with Crippen LogP contribution >= 0.6 is 11.6 Å². The van der Waals surface area contributed by atoms with E-state index in [-0.39, 0.29) is 23.5 Å². The molecule has 0 spiro atoms. The molecule has 0 radical (unpaired) electrons. The van der Waals surface area contributed by atoms with Gasteiger partial charge in [0.1, 0.15) is 23.7 Å². The Kier molecular flexibility index (Phi) is 7.68. The molecule has 12 heteroatoms. The van der Waals surface area contributed by atoms with Crippen LogP contribution in [0.5, 0.6) is 0 Å². The normalized spacial score (nSPS) is 15.2. The highest BCUT2D eigenvalue weighted by molar-refractivity contribution is 6.30. The first kappa shape index (κ1) is 24.0. The summed E-state index contributed by atoms with van der Waals surface area (Å²) in [6, 6.07) is 4.09. The summed E-state index contributed by atoms with van der Waals surface area (Å²) < 4.78 is 26.2. The summed E-state index contributed by atoms with van der Waals surface area (Å²) in [5.74, 6) is -0.0183. The van der Waals surface area contributed by atoms with Gasteiger partial charge in [0.05, 0.1) is 6.73 Å². The molecule has 3 aromatic rings. The number of nitrogens with zero attached hydrogens (tertiary/aromatic N) is 4. The van der Waals surface area contributed by atoms with Gasteiger partial charge in [-0.25, -0.2) is 14.4 Å². The fourth-order valence-corrected chi connectivity index (χ4v) is 3.81. The molecule has 1 aliphatic rings. The zero-order valence-electron chi connectivity index (χ0n) is 18.5. The van der Waals surface area contributed by atoms with E-state index in [0.717, 1.165) is 24.5 Å². The quantitative estimate of drug-likeness (QED) is 0.412. The van der Waals surface area contributed by atoms with Crippen LogP contribution in [0.25, 0.3) is 5.82 Å². The van der Waals surface area contributed by atoms with Crippen LogP contribution in [0.15, 0.2) is 36.9 Å². The number of hydrogen-bond acceptors (Lipinski definition) is 8. The van der Waals surface area contributed by atoms with Gasteiger partial charge in [-0.1, -0.05) is 11.6 Å². The molecular weight excluding hydrogens is 465 g/mol. The number of aromatic nitrogens is 4. The Morgan fingerprint density at radius 1 is 1.35 bits per heavy atom. The summed E-state index contributed by atoms with van der Waals surface area (Å²) in [4.78, 5) is 26.0. The first-order valence-corrected chi connectivity index (χ1v) is 11.1. The van der Waals surface area contributed by atoms with Gasteiger partial charge in [-0.05, 0) is 38.0 Å². The SMILES string of the molecule is Cc1cnc(NC2CCOCC2)nc1-n1cnc(C(=O)NC(OCN)c2cc(F)cc(Cl)c2)c1. The van der Waals surface area contributed by atoms with E-state index in [4.69, 9.17) is 26.8 Å². The van der Waals surface area contributed by atoms with Crippen LogP contribution in [-0.2, 0) is 9.47 Å². The van der Waals surface area contributed by atoms with Gasteiger partial charge in [0.25, 0.3) is 5.91 Å². The Morgan fingerprint density at radius 3 is 2.88 bits per heavy atom. The van der Waals surface area contributed by atoms with Crippen molar-refractivity contribution in [3.8, 4) is 5.82 Å². The fraction of sp³-hybridized carbons (Fsp3) is 0.364. The third-order valence-corrected chi connectivity index (χ3v) is 5.49. The summed E-state index contributed by atoms with van der Waals surface area (Å²) in [5.41, 5.74) is 6.73. The van der Waals surface area contributed by atoms with Gasteiger partial charge in [0, 0.05) is 47.8 Å². The zero-order valence-corrected chi connectivity index (χ0v) is 19.3. The number of ether oxygens (including phenoxy) is 2. The molecule has 4 N–H and O–H groups in total. The predicted molar refractivity (Wildman–Crippen MR) is 123 cm³/mol. The van der Waals surface area contributed by atoms with Gasteiger partial charge >= 0.3 is 0 Å². The summed E-state index contributed by atoms with van der Waals surface area (Å²) in [7, 11) is 0. The van der Waals surface area contributed by atoms with Gasteiger partial charge in [-0.15, -0.1) is 0 Å². The highest BCUT2D eigenvalue weighted by atomic mass is 35.5. The van der Waals surface area contributed by atoms with Crippen LogP contribution in [0.2, 0.25) is 5.02 Å². The Morgan fingerprint density at radius 2 is 2.15 bits per heavy atom. The van der Waals surface area contributed by atoms with Crippen LogP contribution in [0.3, 0.4) is 0 Å². The van der Waals surface area contributed by atoms with E-state index in [2.05, 4.69) is 25.6 Å². The Balaban J connectivity index is 1.50. The Bertz CT molecular complexity index is 1130. The number of rotatable bonds is 8. The first-order chi connectivity index (χ1) is 16.4. The number of carbonyl (C=O) groups is 1. The molecule has 0 bridgehead atoms. The number of amides is 1. The first-order valence-electron chi connectivity index (χ1n) is 10.7. The highest BCUT2D eigenvalue weighted by Gasteiger charge is 2.20. The molecule has 1 aliphatic heterocycles. The number of anilines is 1. The third kappa shape index (κ3) is 5.86. The van der Waals surface area contributed by atoms with Crippen molar-refractivity contribution in [1.82, 2.24) is 24.8 Å². The maximum Gasteiger partial charge on any atom is 0.273 e. The van der Waals surface area contributed by atoms with E-state index >= 15 is 0 Å². The minimum atomic E-state index is -1.01. The maximum atomic E-state index is 13.8. The van der Waals surface area contributed by atoms with E-state index in [0.29, 0.717) is 30.5 Å². The average molecular weight is 490 g/mol. The molecule has 2 aromatic heterocycles. The average Bonchev–Trinajstić information content (AvgIpc) is 3.30. The largest absolute Gasteiger partial charge is 0.381 e. The minimum Gasteiger partial charge on any atom is -0.381 e. The van der Waals surface area contributed by atoms with Gasteiger partial charge in [-0.2, -0.15) is 4.98 Å². The van der Waals surface area contributed by atoms with Crippen LogP contribution in [0, 0.1) is 12.7 Å². The predicted octanol–water partition coefficient (Wildman–Crippen LogP) is 2.72. The molecule has 3 heterocycles. The number of halogens is 2. The molecule has 1 atom stereocenters. The van der Waals surface area contributed by atoms with Crippen LogP contribution in [0.4, 0.5) is 10.3 Å². The monoisotopic (exact) mass is 489 g/mol. The number of benzene rings is 1. The molecule has 1 fully saturated rings. The Hall–Kier alpha value is -3.12. The van der Waals surface area contributed by atoms with Gasteiger partial charge in [0.2, 0.25) is 5.95 Å². The number of aryl methyl sites for hydroxylation is 1. The van der Waals surface area contributed by atoms with E-state index in [9.17, 15) is 9.18 Å². The van der Waals surface area contributed by atoms with Crippen molar-refractivity contribution in [3.63, 3.8) is 0 Å². The van der Waals surface area contributed by atoms with Gasteiger partial charge in [0.15, 0.2) is 6.23 Å². The summed E-state index contributed by atoms with van der Waals surface area (Å²) in [6.45, 7) is 3.07. The smallest absolute Gasteiger partial charge is 0.273 e. The number of hydrogen-bond donors (Lipinski definition) is 3. The van der Waals surface area contributed by atoms with Crippen LogP contribution in [0.1, 0.15) is 40.7 Å². The van der Waals surface area contributed by atoms with E-state index in [1.807, 2.05) is 6.92 Å². The molecule has 1 unspecified atom stereocenters. The number of carbonyl (C=O) groups excluding carboxylic acids is 1. The summed E-state index contributed by atoms with van der Waals surface area (Å²) in [6.07, 6.45) is 5.49. The van der Waals surface area contributed by atoms with Gasteiger partial charge in [-0.3, -0.25) is 9.36 Å². The van der Waals surface area contributed by atoms with Crippen LogP contribution < -0.4 is 16.4 Å². The van der Waals surface area contributed by atoms with Crippen molar-refractivity contribution in [3.05, 3.63) is 64.6 Å². The molecule has 4 rings (SSSR count). The summed E-state index contributed by atoms with van der Waals surface area (Å²) >= 11 is 5.93. The lowest BCUT2D eigenvalue weighted by Gasteiger charge is -2.23. The van der Waals surface area contributed by atoms with E-state index in [1.165, 1.54) is 18.5 Å². The molecule has 180 valence electrons. The van der Waals surface area contributed by atoms with Crippen molar-refractivity contribution in [2.75, 3.05) is 25.3 Å². The molecular formula is C22H25ClFN7O3. The lowest BCUT2D eigenvalue weighted by molar-refractivity contribution is 0.0297. The molecule has 1 aromatic carbocycles. The minimum absolute atomic E-state index is 0.116. The number of nitrogens with two attached hydrogens (primary N) is 1. The summed E-state index contributed by atoms with van der Waals surface area (Å²) in [5, 5.41) is 6.15. The maximum absolute atomic E-state index is 13.8. The van der Waals surface area contributed by atoms with Crippen molar-refractivity contribution in [2.45, 2.75) is 32.0 Å².